The zero-order valence-electron chi connectivity index (χ0n) is 9.82. The van der Waals surface area contributed by atoms with Crippen LogP contribution in [0, 0.1) is 0 Å². The Morgan fingerprint density at radius 3 is 2.72 bits per heavy atom. The van der Waals surface area contributed by atoms with Gasteiger partial charge in [-0.05, 0) is 43.3 Å². The van der Waals surface area contributed by atoms with E-state index in [0.29, 0.717) is 5.02 Å². The van der Waals surface area contributed by atoms with Gasteiger partial charge in [0.1, 0.15) is 5.75 Å². The molecule has 0 radical (unpaired) electrons. The molecule has 2 aromatic rings. The number of anilines is 1. The van der Waals surface area contributed by atoms with E-state index < -0.39 is 0 Å². The molecule has 1 atom stereocenters. The average Bonchev–Trinajstić information content (AvgIpc) is 2.32. The molecule has 0 bridgehead atoms. The minimum absolute atomic E-state index is 0.0296. The largest absolute Gasteiger partial charge is 0.508 e. The molecule has 0 aliphatic heterocycles. The Kier molecular flexibility index (Phi) is 4.15. The van der Waals surface area contributed by atoms with Gasteiger partial charge in [0.05, 0.1) is 6.04 Å². The van der Waals surface area contributed by atoms with Crippen molar-refractivity contribution in [1.29, 1.82) is 0 Å². The summed E-state index contributed by atoms with van der Waals surface area (Å²) in [7, 11) is 0. The van der Waals surface area contributed by atoms with Crippen LogP contribution in [0.1, 0.15) is 18.5 Å². The van der Waals surface area contributed by atoms with Crippen LogP contribution in [0.2, 0.25) is 5.02 Å². The smallest absolute Gasteiger partial charge is 0.120 e. The Labute approximate surface area is 120 Å². The van der Waals surface area contributed by atoms with Crippen LogP contribution in [0.3, 0.4) is 0 Å². The Morgan fingerprint density at radius 2 is 2.00 bits per heavy atom. The van der Waals surface area contributed by atoms with Crippen LogP contribution in [0.4, 0.5) is 5.69 Å². The van der Waals surface area contributed by atoms with Crippen molar-refractivity contribution in [3.05, 3.63) is 57.5 Å². The van der Waals surface area contributed by atoms with Crippen LogP contribution < -0.4 is 5.32 Å². The van der Waals surface area contributed by atoms with Crippen molar-refractivity contribution in [3.63, 3.8) is 0 Å². The second-order valence-corrected chi connectivity index (χ2v) is 5.43. The number of aromatic hydroxyl groups is 1. The number of phenols is 1. The van der Waals surface area contributed by atoms with Gasteiger partial charge in [-0.25, -0.2) is 0 Å². The third kappa shape index (κ3) is 3.18. The predicted octanol–water partition coefficient (Wildman–Crippen LogP) is 4.98. The third-order valence-corrected chi connectivity index (χ3v) is 3.39. The molecule has 0 fully saturated rings. The molecule has 2 N–H and O–H groups in total. The summed E-state index contributed by atoms with van der Waals surface area (Å²) in [5.41, 5.74) is 1.76. The first kappa shape index (κ1) is 13.2. The normalized spacial score (nSPS) is 12.2. The molecule has 0 aromatic heterocycles. The van der Waals surface area contributed by atoms with Gasteiger partial charge in [0.25, 0.3) is 0 Å². The van der Waals surface area contributed by atoms with E-state index in [9.17, 15) is 5.11 Å². The van der Waals surface area contributed by atoms with E-state index in [-0.39, 0.29) is 11.8 Å². The third-order valence-electron chi connectivity index (χ3n) is 2.66. The van der Waals surface area contributed by atoms with Crippen molar-refractivity contribution in [2.24, 2.45) is 0 Å². The van der Waals surface area contributed by atoms with E-state index in [2.05, 4.69) is 21.2 Å². The average molecular weight is 327 g/mol. The summed E-state index contributed by atoms with van der Waals surface area (Å²) in [6.07, 6.45) is 0. The van der Waals surface area contributed by atoms with Crippen LogP contribution in [0.15, 0.2) is 46.9 Å². The maximum absolute atomic E-state index is 9.83. The van der Waals surface area contributed by atoms with Gasteiger partial charge in [0.15, 0.2) is 0 Å². The minimum Gasteiger partial charge on any atom is -0.508 e. The van der Waals surface area contributed by atoms with Crippen molar-refractivity contribution in [3.8, 4) is 5.75 Å². The highest BCUT2D eigenvalue weighted by Gasteiger charge is 2.10. The summed E-state index contributed by atoms with van der Waals surface area (Å²) in [5, 5.41) is 13.8. The Bertz CT molecular complexity index is 559. The predicted molar refractivity (Wildman–Crippen MR) is 79.3 cm³/mol. The van der Waals surface area contributed by atoms with E-state index in [0.717, 1.165) is 15.7 Å². The lowest BCUT2D eigenvalue weighted by atomic mass is 10.1. The minimum atomic E-state index is -0.0296. The molecular weight excluding hydrogens is 314 g/mol. The summed E-state index contributed by atoms with van der Waals surface area (Å²) in [6, 6.07) is 12.9. The van der Waals surface area contributed by atoms with E-state index in [4.69, 9.17) is 11.6 Å². The molecule has 18 heavy (non-hydrogen) atoms. The lowest BCUT2D eigenvalue weighted by Gasteiger charge is -2.17. The fourth-order valence-corrected chi connectivity index (χ4v) is 2.36. The van der Waals surface area contributed by atoms with Gasteiger partial charge in [-0.2, -0.15) is 0 Å². The van der Waals surface area contributed by atoms with Crippen molar-refractivity contribution >= 4 is 33.2 Å². The van der Waals surface area contributed by atoms with Gasteiger partial charge in [0.2, 0.25) is 0 Å². The van der Waals surface area contributed by atoms with E-state index in [1.165, 1.54) is 0 Å². The second kappa shape index (κ2) is 5.63. The quantitative estimate of drug-likeness (QED) is 0.833. The van der Waals surface area contributed by atoms with Gasteiger partial charge in [-0.3, -0.25) is 0 Å². The number of benzene rings is 2. The summed E-state index contributed by atoms with van der Waals surface area (Å²) in [5.74, 6) is 0.245. The maximum Gasteiger partial charge on any atom is 0.120 e. The highest BCUT2D eigenvalue weighted by Crippen LogP contribution is 2.30. The van der Waals surface area contributed by atoms with Gasteiger partial charge in [-0.1, -0.05) is 33.6 Å². The SMILES string of the molecule is C[C@H](Nc1cccc(Br)c1)c1cc(Cl)ccc1O. The number of hydrogen-bond acceptors (Lipinski definition) is 2. The Morgan fingerprint density at radius 1 is 1.22 bits per heavy atom. The molecule has 94 valence electrons. The van der Waals surface area contributed by atoms with Crippen LogP contribution in [-0.2, 0) is 0 Å². The van der Waals surface area contributed by atoms with Crippen LogP contribution in [0.25, 0.3) is 0 Å². The zero-order chi connectivity index (χ0) is 13.1. The highest BCUT2D eigenvalue weighted by molar-refractivity contribution is 9.10. The highest BCUT2D eigenvalue weighted by atomic mass is 79.9. The molecule has 0 amide bonds. The number of nitrogens with one attached hydrogen (secondary N) is 1. The molecule has 0 saturated carbocycles. The first-order chi connectivity index (χ1) is 8.56. The van der Waals surface area contributed by atoms with Crippen molar-refractivity contribution in [2.45, 2.75) is 13.0 Å². The molecule has 0 unspecified atom stereocenters. The maximum atomic E-state index is 9.83. The monoisotopic (exact) mass is 325 g/mol. The van der Waals surface area contributed by atoms with Crippen LogP contribution in [-0.4, -0.2) is 5.11 Å². The second-order valence-electron chi connectivity index (χ2n) is 4.08. The van der Waals surface area contributed by atoms with Gasteiger partial charge in [0, 0.05) is 20.7 Å². The summed E-state index contributed by atoms with van der Waals surface area (Å²) in [4.78, 5) is 0. The molecule has 2 rings (SSSR count). The van der Waals surface area contributed by atoms with Crippen molar-refractivity contribution < 1.29 is 5.11 Å². The molecule has 0 aliphatic carbocycles. The Hall–Kier alpha value is -1.19. The summed E-state index contributed by atoms with van der Waals surface area (Å²) < 4.78 is 1.01. The molecule has 2 nitrogen and oxygen atoms in total. The topological polar surface area (TPSA) is 32.3 Å². The van der Waals surface area contributed by atoms with Crippen LogP contribution >= 0.6 is 27.5 Å². The lowest BCUT2D eigenvalue weighted by Crippen LogP contribution is -2.06. The van der Waals surface area contributed by atoms with Gasteiger partial charge in [-0.15, -0.1) is 0 Å². The van der Waals surface area contributed by atoms with E-state index in [1.54, 1.807) is 18.2 Å². The standard InChI is InChI=1S/C14H13BrClNO/c1-9(13-8-11(16)5-6-14(13)18)17-12-4-2-3-10(15)7-12/h2-9,17-18H,1H3/t9-/m0/s1. The fraction of sp³-hybridized carbons (Fsp3) is 0.143. The molecule has 0 spiro atoms. The number of hydrogen-bond donors (Lipinski definition) is 2. The summed E-state index contributed by atoms with van der Waals surface area (Å²) in [6.45, 7) is 1.98. The molecular formula is C14H13BrClNO. The molecule has 2 aromatic carbocycles. The van der Waals surface area contributed by atoms with Crippen molar-refractivity contribution in [1.82, 2.24) is 0 Å². The van der Waals surface area contributed by atoms with E-state index >= 15 is 0 Å². The zero-order valence-corrected chi connectivity index (χ0v) is 12.2. The number of phenolic OH excluding ortho intramolecular Hbond substituents is 1. The molecule has 4 heteroatoms. The summed E-state index contributed by atoms with van der Waals surface area (Å²) >= 11 is 9.37. The Balaban J connectivity index is 2.21. The fourth-order valence-electron chi connectivity index (χ4n) is 1.78. The molecule has 0 aliphatic rings. The molecule has 0 saturated heterocycles. The van der Waals surface area contributed by atoms with Crippen molar-refractivity contribution in [2.75, 3.05) is 5.32 Å². The van der Waals surface area contributed by atoms with Crippen LogP contribution in [0.5, 0.6) is 5.75 Å². The van der Waals surface area contributed by atoms with Gasteiger partial charge < -0.3 is 10.4 Å². The first-order valence-corrected chi connectivity index (χ1v) is 6.74. The lowest BCUT2D eigenvalue weighted by molar-refractivity contribution is 0.465. The molecule has 0 heterocycles. The van der Waals surface area contributed by atoms with E-state index in [1.807, 2.05) is 31.2 Å². The first-order valence-electron chi connectivity index (χ1n) is 5.57. The van der Waals surface area contributed by atoms with Gasteiger partial charge >= 0.3 is 0 Å². The number of halogens is 2. The number of rotatable bonds is 3.